The SMILES string of the molecule is CCN(CC)c1ccc(NC(=O)C2N([C@@H](CO)CC(C)C)C(=O)[C@@H]3[C@@H](C(=O)NCc4ccccc4)[C@@H]4SC23CC4Br)cc1. The molecule has 10 heteroatoms. The minimum Gasteiger partial charge on any atom is -0.394 e. The number of amides is 3. The Morgan fingerprint density at radius 1 is 1.09 bits per heavy atom. The highest BCUT2D eigenvalue weighted by molar-refractivity contribution is 9.09. The summed E-state index contributed by atoms with van der Waals surface area (Å²) in [5.41, 5.74) is 2.72. The summed E-state index contributed by atoms with van der Waals surface area (Å²) in [5.74, 6) is -1.65. The van der Waals surface area contributed by atoms with Gasteiger partial charge in [0.15, 0.2) is 0 Å². The van der Waals surface area contributed by atoms with Crippen LogP contribution in [0.3, 0.4) is 0 Å². The van der Waals surface area contributed by atoms with Gasteiger partial charge in [-0.25, -0.2) is 0 Å². The molecule has 0 radical (unpaired) electrons. The van der Waals surface area contributed by atoms with E-state index in [2.05, 4.69) is 45.3 Å². The fourth-order valence-corrected chi connectivity index (χ4v) is 10.9. The number of aliphatic hydroxyl groups excluding tert-OH is 1. The molecule has 0 aliphatic carbocycles. The molecule has 3 heterocycles. The van der Waals surface area contributed by atoms with Gasteiger partial charge in [0.05, 0.1) is 29.2 Å². The maximum Gasteiger partial charge on any atom is 0.248 e. The second-order valence-corrected chi connectivity index (χ2v) is 15.0. The van der Waals surface area contributed by atoms with Gasteiger partial charge in [0.1, 0.15) is 6.04 Å². The van der Waals surface area contributed by atoms with Gasteiger partial charge < -0.3 is 25.5 Å². The number of anilines is 2. The van der Waals surface area contributed by atoms with E-state index in [9.17, 15) is 19.5 Å². The Labute approximate surface area is 267 Å². The van der Waals surface area contributed by atoms with Crippen LogP contribution in [-0.2, 0) is 20.9 Å². The van der Waals surface area contributed by atoms with Crippen molar-refractivity contribution in [2.45, 2.75) is 74.0 Å². The van der Waals surface area contributed by atoms with Crippen molar-refractivity contribution in [3.8, 4) is 0 Å². The van der Waals surface area contributed by atoms with Crippen LogP contribution < -0.4 is 15.5 Å². The molecule has 3 saturated heterocycles. The Kier molecular flexibility index (Phi) is 9.78. The first-order valence-corrected chi connectivity index (χ1v) is 17.2. The number of benzene rings is 2. The number of nitrogens with one attached hydrogen (secondary N) is 2. The number of thioether (sulfide) groups is 1. The number of hydrogen-bond acceptors (Lipinski definition) is 6. The summed E-state index contributed by atoms with van der Waals surface area (Å²) >= 11 is 5.44. The number of hydrogen-bond donors (Lipinski definition) is 3. The number of likely N-dealkylation sites (tertiary alicyclic amines) is 1. The predicted octanol–water partition coefficient (Wildman–Crippen LogP) is 4.66. The number of rotatable bonds is 12. The molecule has 3 amide bonds. The second kappa shape index (κ2) is 13.2. The third-order valence-corrected chi connectivity index (χ3v) is 12.4. The van der Waals surface area contributed by atoms with Crippen LogP contribution in [0.15, 0.2) is 54.6 Å². The Morgan fingerprint density at radius 2 is 1.77 bits per heavy atom. The van der Waals surface area contributed by atoms with Gasteiger partial charge in [-0.15, -0.1) is 11.8 Å². The van der Waals surface area contributed by atoms with E-state index in [4.69, 9.17) is 0 Å². The fourth-order valence-electron chi connectivity index (χ4n) is 7.34. The zero-order valence-electron chi connectivity index (χ0n) is 25.3. The summed E-state index contributed by atoms with van der Waals surface area (Å²) in [6.07, 6.45) is 1.15. The smallest absolute Gasteiger partial charge is 0.248 e. The zero-order chi connectivity index (χ0) is 30.9. The minimum absolute atomic E-state index is 0.0182. The number of halogens is 1. The van der Waals surface area contributed by atoms with Gasteiger partial charge in [-0.1, -0.05) is 60.1 Å². The average molecular weight is 672 g/mol. The highest BCUT2D eigenvalue weighted by Gasteiger charge is 2.76. The van der Waals surface area contributed by atoms with Crippen LogP contribution in [0.2, 0.25) is 0 Å². The molecule has 3 unspecified atom stereocenters. The van der Waals surface area contributed by atoms with Crippen LogP contribution in [0.1, 0.15) is 46.1 Å². The topological polar surface area (TPSA) is 102 Å². The molecule has 0 saturated carbocycles. The lowest BCUT2D eigenvalue weighted by molar-refractivity contribution is -0.142. The van der Waals surface area contributed by atoms with Crippen LogP contribution in [0, 0.1) is 17.8 Å². The normalized spacial score (nSPS) is 28.2. The molecule has 7 atom stereocenters. The van der Waals surface area contributed by atoms with Gasteiger partial charge in [0.25, 0.3) is 0 Å². The Bertz CT molecular complexity index is 1310. The molecule has 8 nitrogen and oxygen atoms in total. The molecule has 2 bridgehead atoms. The molecule has 3 aliphatic heterocycles. The molecule has 1 spiro atoms. The molecule has 3 N–H and O–H groups in total. The Hall–Kier alpha value is -2.56. The van der Waals surface area contributed by atoms with E-state index < -0.39 is 28.7 Å². The summed E-state index contributed by atoms with van der Waals surface area (Å²) in [7, 11) is 0. The van der Waals surface area contributed by atoms with Crippen molar-refractivity contribution in [1.29, 1.82) is 0 Å². The van der Waals surface area contributed by atoms with Gasteiger partial charge in [0.2, 0.25) is 17.7 Å². The third kappa shape index (κ3) is 5.94. The van der Waals surface area contributed by atoms with Crippen LogP contribution in [0.4, 0.5) is 11.4 Å². The van der Waals surface area contributed by atoms with Crippen LogP contribution >= 0.6 is 27.7 Å². The first-order valence-electron chi connectivity index (χ1n) is 15.4. The number of carbonyl (C=O) groups excluding carboxylic acids is 3. The standard InChI is InChI=1S/C33H43BrN4O4S/c1-5-37(6-2)23-14-12-22(13-15-23)36-31(41)29-33-17-25(34)28(43-33)26(30(40)35-18-21-10-8-7-9-11-21)27(33)32(42)38(29)24(19-39)16-20(3)4/h7-15,20,24-29,39H,5-6,16-19H2,1-4H3,(H,35,40)(H,36,41)/t24-,25?,26-,27+,28-,29?,33?/m1/s1. The van der Waals surface area contributed by atoms with Gasteiger partial charge >= 0.3 is 0 Å². The highest BCUT2D eigenvalue weighted by Crippen LogP contribution is 2.68. The quantitative estimate of drug-likeness (QED) is 0.284. The number of aliphatic hydroxyl groups is 1. The van der Waals surface area contributed by atoms with E-state index in [1.165, 1.54) is 0 Å². The predicted molar refractivity (Wildman–Crippen MR) is 176 cm³/mol. The molecule has 2 aromatic rings. The number of carbonyl (C=O) groups is 3. The number of fused-ring (bicyclic) bond motifs is 1. The lowest BCUT2D eigenvalue weighted by atomic mass is 9.70. The van der Waals surface area contributed by atoms with Crippen LogP contribution in [0.25, 0.3) is 0 Å². The monoisotopic (exact) mass is 670 g/mol. The number of nitrogens with zero attached hydrogens (tertiary/aromatic N) is 2. The largest absolute Gasteiger partial charge is 0.394 e. The maximum atomic E-state index is 14.4. The van der Waals surface area contributed by atoms with Crippen molar-refractivity contribution in [2.24, 2.45) is 17.8 Å². The third-order valence-electron chi connectivity index (χ3n) is 9.20. The summed E-state index contributed by atoms with van der Waals surface area (Å²) in [4.78, 5) is 46.4. The fraction of sp³-hybridized carbons (Fsp3) is 0.545. The summed E-state index contributed by atoms with van der Waals surface area (Å²) in [6.45, 7) is 10.2. The Balaban J connectivity index is 1.46. The molecule has 3 fully saturated rings. The molecule has 0 aromatic heterocycles. The molecule has 43 heavy (non-hydrogen) atoms. The van der Waals surface area contributed by atoms with Gasteiger partial charge in [-0.05, 0) is 62.4 Å². The van der Waals surface area contributed by atoms with Crippen molar-refractivity contribution in [2.75, 3.05) is 29.9 Å². The molecule has 3 aliphatic rings. The van der Waals surface area contributed by atoms with E-state index in [1.54, 1.807) is 16.7 Å². The first kappa shape index (κ1) is 31.9. The van der Waals surface area contributed by atoms with Gasteiger partial charge in [-0.2, -0.15) is 0 Å². The molecular weight excluding hydrogens is 628 g/mol. The van der Waals surface area contributed by atoms with Crippen molar-refractivity contribution in [3.05, 3.63) is 60.2 Å². The zero-order valence-corrected chi connectivity index (χ0v) is 27.7. The minimum atomic E-state index is -0.815. The van der Waals surface area contributed by atoms with Crippen molar-refractivity contribution in [1.82, 2.24) is 10.2 Å². The second-order valence-electron chi connectivity index (χ2n) is 12.3. The van der Waals surface area contributed by atoms with E-state index >= 15 is 0 Å². The van der Waals surface area contributed by atoms with E-state index in [0.717, 1.165) is 24.3 Å². The summed E-state index contributed by atoms with van der Waals surface area (Å²) in [5, 5.41) is 16.6. The summed E-state index contributed by atoms with van der Waals surface area (Å²) in [6, 6.07) is 16.2. The average Bonchev–Trinajstić information content (AvgIpc) is 3.59. The van der Waals surface area contributed by atoms with Gasteiger partial charge in [-0.3, -0.25) is 14.4 Å². The van der Waals surface area contributed by atoms with Crippen molar-refractivity contribution in [3.63, 3.8) is 0 Å². The molecular formula is C33H43BrN4O4S. The van der Waals surface area contributed by atoms with Crippen LogP contribution in [-0.4, -0.2) is 74.3 Å². The summed E-state index contributed by atoms with van der Waals surface area (Å²) < 4.78 is -0.777. The van der Waals surface area contributed by atoms with Gasteiger partial charge in [0, 0.05) is 41.1 Å². The highest BCUT2D eigenvalue weighted by atomic mass is 79.9. The molecule has 5 rings (SSSR count). The lowest BCUT2D eigenvalue weighted by Crippen LogP contribution is -2.55. The molecule has 2 aromatic carbocycles. The molecule has 232 valence electrons. The first-order chi connectivity index (χ1) is 20.6. The number of alkyl halides is 1. The van der Waals surface area contributed by atoms with Crippen LogP contribution in [0.5, 0.6) is 0 Å². The van der Waals surface area contributed by atoms with Crippen molar-refractivity contribution < 1.29 is 19.5 Å². The van der Waals surface area contributed by atoms with Crippen molar-refractivity contribution >= 4 is 56.8 Å². The Morgan fingerprint density at radius 3 is 2.37 bits per heavy atom. The maximum absolute atomic E-state index is 14.4. The van der Waals surface area contributed by atoms with E-state index in [1.807, 2.05) is 68.4 Å². The van der Waals surface area contributed by atoms with E-state index in [0.29, 0.717) is 25.1 Å². The lowest BCUT2D eigenvalue weighted by Gasteiger charge is -2.37. The van der Waals surface area contributed by atoms with E-state index in [-0.39, 0.29) is 40.3 Å².